The molecule has 0 aromatic heterocycles. The second-order valence-corrected chi connectivity index (χ2v) is 6.72. The van der Waals surface area contributed by atoms with E-state index in [4.69, 9.17) is 4.74 Å². The van der Waals surface area contributed by atoms with Crippen molar-refractivity contribution in [2.24, 2.45) is 16.3 Å². The minimum atomic E-state index is 0.359. The minimum absolute atomic E-state index is 0.359. The number of likely N-dealkylation sites (N-methyl/N-ethyl adjacent to an activating group) is 1. The van der Waals surface area contributed by atoms with Gasteiger partial charge >= 0.3 is 0 Å². The van der Waals surface area contributed by atoms with Crippen molar-refractivity contribution >= 4 is 5.96 Å². The van der Waals surface area contributed by atoms with Crippen molar-refractivity contribution in [3.05, 3.63) is 0 Å². The van der Waals surface area contributed by atoms with E-state index in [-0.39, 0.29) is 0 Å². The van der Waals surface area contributed by atoms with E-state index in [9.17, 15) is 0 Å². The van der Waals surface area contributed by atoms with E-state index in [2.05, 4.69) is 43.0 Å². The first kappa shape index (κ1) is 16.3. The van der Waals surface area contributed by atoms with Crippen LogP contribution in [0, 0.1) is 11.3 Å². The van der Waals surface area contributed by atoms with E-state index in [0.717, 1.165) is 44.6 Å². The Morgan fingerprint density at radius 2 is 2.05 bits per heavy atom. The maximum absolute atomic E-state index is 5.66. The van der Waals surface area contributed by atoms with Crippen LogP contribution in [0.1, 0.15) is 40.0 Å². The van der Waals surface area contributed by atoms with Crippen molar-refractivity contribution in [3.8, 4) is 0 Å². The molecule has 1 saturated carbocycles. The summed E-state index contributed by atoms with van der Waals surface area (Å²) < 4.78 is 5.66. The number of guanidine groups is 1. The summed E-state index contributed by atoms with van der Waals surface area (Å²) in [7, 11) is 3.90. The van der Waals surface area contributed by atoms with Crippen LogP contribution >= 0.6 is 0 Å². The first-order valence-electron chi connectivity index (χ1n) is 7.42. The van der Waals surface area contributed by atoms with Crippen molar-refractivity contribution in [2.45, 2.75) is 40.0 Å². The smallest absolute Gasteiger partial charge is 0.193 e. The average molecular weight is 269 g/mol. The third-order valence-electron chi connectivity index (χ3n) is 3.35. The molecule has 1 fully saturated rings. The number of rotatable bonds is 7. The van der Waals surface area contributed by atoms with Crippen molar-refractivity contribution in [1.82, 2.24) is 10.2 Å². The van der Waals surface area contributed by atoms with Crippen molar-refractivity contribution < 1.29 is 4.74 Å². The monoisotopic (exact) mass is 269 g/mol. The molecule has 1 aliphatic carbocycles. The lowest BCUT2D eigenvalue weighted by atomic mass is 9.92. The van der Waals surface area contributed by atoms with Crippen LogP contribution in [0.15, 0.2) is 4.99 Å². The van der Waals surface area contributed by atoms with Gasteiger partial charge in [0.25, 0.3) is 0 Å². The van der Waals surface area contributed by atoms with Crippen LogP contribution in [0.5, 0.6) is 0 Å². The Bertz CT molecular complexity index is 280. The largest absolute Gasteiger partial charge is 0.379 e. The Hall–Kier alpha value is -0.770. The number of hydrogen-bond donors (Lipinski definition) is 1. The zero-order valence-corrected chi connectivity index (χ0v) is 13.3. The van der Waals surface area contributed by atoms with Gasteiger partial charge in [0.15, 0.2) is 5.96 Å². The van der Waals surface area contributed by atoms with Gasteiger partial charge in [-0.3, -0.25) is 4.99 Å². The van der Waals surface area contributed by atoms with Crippen molar-refractivity contribution in [3.63, 3.8) is 0 Å². The van der Waals surface area contributed by atoms with Gasteiger partial charge in [0.1, 0.15) is 0 Å². The molecule has 1 aliphatic rings. The normalized spacial score (nSPS) is 16.6. The molecular formula is C15H31N3O. The third kappa shape index (κ3) is 8.09. The second-order valence-electron chi connectivity index (χ2n) is 6.72. The molecule has 4 heteroatoms. The molecule has 0 aromatic rings. The Morgan fingerprint density at radius 3 is 2.58 bits per heavy atom. The predicted octanol–water partition coefficient (Wildman–Crippen LogP) is 2.36. The SMILES string of the molecule is CN=C(NCCC(C)(C)C)N(C)CCOCC1CC1. The lowest BCUT2D eigenvalue weighted by Crippen LogP contribution is -2.41. The summed E-state index contributed by atoms with van der Waals surface area (Å²) in [5, 5.41) is 3.41. The number of ether oxygens (including phenoxy) is 1. The summed E-state index contributed by atoms with van der Waals surface area (Å²) in [6.45, 7) is 10.3. The van der Waals surface area contributed by atoms with E-state index >= 15 is 0 Å². The Morgan fingerprint density at radius 1 is 1.37 bits per heavy atom. The molecule has 112 valence electrons. The Labute approximate surface area is 118 Å². The quantitative estimate of drug-likeness (QED) is 0.438. The second kappa shape index (κ2) is 7.73. The molecular weight excluding hydrogens is 238 g/mol. The van der Waals surface area contributed by atoms with E-state index in [1.165, 1.54) is 12.8 Å². The Balaban J connectivity index is 2.13. The maximum atomic E-state index is 5.66. The summed E-state index contributed by atoms with van der Waals surface area (Å²) in [4.78, 5) is 6.44. The zero-order chi connectivity index (χ0) is 14.3. The van der Waals surface area contributed by atoms with Crippen molar-refractivity contribution in [2.75, 3.05) is 40.4 Å². The molecule has 0 heterocycles. The van der Waals surface area contributed by atoms with Gasteiger partial charge in [-0.05, 0) is 30.6 Å². The lowest BCUT2D eigenvalue weighted by molar-refractivity contribution is 0.115. The van der Waals surface area contributed by atoms with Gasteiger partial charge in [-0.1, -0.05) is 20.8 Å². The summed E-state index contributed by atoms with van der Waals surface area (Å²) in [6.07, 6.45) is 3.84. The maximum Gasteiger partial charge on any atom is 0.193 e. The van der Waals surface area contributed by atoms with E-state index in [1.807, 2.05) is 7.05 Å². The fourth-order valence-electron chi connectivity index (χ4n) is 1.78. The first-order valence-corrected chi connectivity index (χ1v) is 7.42. The standard InChI is InChI=1S/C15H31N3O/c1-15(2,3)8-9-17-14(16-4)18(5)10-11-19-12-13-6-7-13/h13H,6-12H2,1-5H3,(H,16,17). The van der Waals surface area contributed by atoms with E-state index in [1.54, 1.807) is 0 Å². The van der Waals surface area contributed by atoms with Gasteiger partial charge in [0.05, 0.1) is 6.61 Å². The molecule has 0 bridgehead atoms. The van der Waals surface area contributed by atoms with Gasteiger partial charge in [0.2, 0.25) is 0 Å². The molecule has 0 atom stereocenters. The van der Waals surface area contributed by atoms with Crippen LogP contribution in [-0.4, -0.2) is 51.3 Å². The molecule has 4 nitrogen and oxygen atoms in total. The number of nitrogens with zero attached hydrogens (tertiary/aromatic N) is 2. The highest BCUT2D eigenvalue weighted by Gasteiger charge is 2.21. The van der Waals surface area contributed by atoms with Crippen molar-refractivity contribution in [1.29, 1.82) is 0 Å². The molecule has 0 unspecified atom stereocenters. The fraction of sp³-hybridized carbons (Fsp3) is 0.933. The summed E-state index contributed by atoms with van der Waals surface area (Å²) in [6, 6.07) is 0. The molecule has 0 amide bonds. The van der Waals surface area contributed by atoms with Crippen LogP contribution in [0.2, 0.25) is 0 Å². The van der Waals surface area contributed by atoms with Crippen LogP contribution in [0.3, 0.4) is 0 Å². The van der Waals surface area contributed by atoms with Gasteiger partial charge in [0, 0.05) is 33.8 Å². The molecule has 0 aromatic carbocycles. The molecule has 0 spiro atoms. The average Bonchev–Trinajstić information content (AvgIpc) is 3.12. The Kier molecular flexibility index (Phi) is 6.63. The topological polar surface area (TPSA) is 36.9 Å². The zero-order valence-electron chi connectivity index (χ0n) is 13.3. The molecule has 0 saturated heterocycles. The predicted molar refractivity (Wildman–Crippen MR) is 81.6 cm³/mol. The van der Waals surface area contributed by atoms with Crippen LogP contribution in [-0.2, 0) is 4.74 Å². The van der Waals surface area contributed by atoms with Crippen LogP contribution < -0.4 is 5.32 Å². The molecule has 0 radical (unpaired) electrons. The van der Waals surface area contributed by atoms with Gasteiger partial charge in [-0.15, -0.1) is 0 Å². The highest BCUT2D eigenvalue weighted by atomic mass is 16.5. The molecule has 19 heavy (non-hydrogen) atoms. The summed E-state index contributed by atoms with van der Waals surface area (Å²) >= 11 is 0. The van der Waals surface area contributed by atoms with Crippen LogP contribution in [0.4, 0.5) is 0 Å². The van der Waals surface area contributed by atoms with E-state index in [0.29, 0.717) is 5.41 Å². The van der Waals surface area contributed by atoms with Gasteiger partial charge in [-0.2, -0.15) is 0 Å². The molecule has 1 rings (SSSR count). The highest BCUT2D eigenvalue weighted by Crippen LogP contribution is 2.28. The van der Waals surface area contributed by atoms with Crippen LogP contribution in [0.25, 0.3) is 0 Å². The lowest BCUT2D eigenvalue weighted by Gasteiger charge is -2.24. The third-order valence-corrected chi connectivity index (χ3v) is 3.35. The minimum Gasteiger partial charge on any atom is -0.379 e. The van der Waals surface area contributed by atoms with Gasteiger partial charge < -0.3 is 15.0 Å². The number of hydrogen-bond acceptors (Lipinski definition) is 2. The van der Waals surface area contributed by atoms with Gasteiger partial charge in [-0.25, -0.2) is 0 Å². The molecule has 1 N–H and O–H groups in total. The van der Waals surface area contributed by atoms with E-state index < -0.39 is 0 Å². The number of nitrogens with one attached hydrogen (secondary N) is 1. The first-order chi connectivity index (χ1) is 8.92. The highest BCUT2D eigenvalue weighted by molar-refractivity contribution is 5.79. The summed E-state index contributed by atoms with van der Waals surface area (Å²) in [5.74, 6) is 1.80. The molecule has 0 aliphatic heterocycles. The number of aliphatic imine (C=N–C) groups is 1. The summed E-state index contributed by atoms with van der Waals surface area (Å²) in [5.41, 5.74) is 0.359. The fourth-order valence-corrected chi connectivity index (χ4v) is 1.78.